The molecule has 128 valence electrons. The molecule has 1 heterocycles. The fourth-order valence-electron chi connectivity index (χ4n) is 4.03. The molecule has 1 unspecified atom stereocenters. The second-order valence-corrected chi connectivity index (χ2v) is 7.72. The minimum absolute atomic E-state index is 0.104. The quantitative estimate of drug-likeness (QED) is 0.785. The molecule has 1 aromatic rings. The lowest BCUT2D eigenvalue weighted by Crippen LogP contribution is -2.38. The smallest absolute Gasteiger partial charge is 0.410 e. The van der Waals surface area contributed by atoms with Gasteiger partial charge in [-0.3, -0.25) is 0 Å². The van der Waals surface area contributed by atoms with Gasteiger partial charge in [-0.05, 0) is 51.5 Å². The second kappa shape index (κ2) is 5.77. The van der Waals surface area contributed by atoms with E-state index in [1.54, 1.807) is 23.1 Å². The molecule has 1 aliphatic carbocycles. The summed E-state index contributed by atoms with van der Waals surface area (Å²) in [5, 5.41) is 9.76. The first-order chi connectivity index (χ1) is 11.3. The molecule has 0 N–H and O–H groups in total. The van der Waals surface area contributed by atoms with Crippen molar-refractivity contribution in [2.75, 3.05) is 13.1 Å². The van der Waals surface area contributed by atoms with Crippen LogP contribution in [0.2, 0.25) is 0 Å². The van der Waals surface area contributed by atoms with Gasteiger partial charge in [-0.15, -0.1) is 0 Å². The van der Waals surface area contributed by atoms with E-state index in [0.29, 0.717) is 31.5 Å². The first kappa shape index (κ1) is 16.8. The molecule has 24 heavy (non-hydrogen) atoms. The van der Waals surface area contributed by atoms with Crippen LogP contribution in [0.25, 0.3) is 0 Å². The number of ether oxygens (including phenoxy) is 1. The zero-order chi connectivity index (χ0) is 17.5. The van der Waals surface area contributed by atoms with E-state index < -0.39 is 11.0 Å². The van der Waals surface area contributed by atoms with E-state index in [1.807, 2.05) is 20.8 Å². The van der Waals surface area contributed by atoms with Gasteiger partial charge in [-0.1, -0.05) is 18.2 Å². The molecule has 2 fully saturated rings. The fourth-order valence-corrected chi connectivity index (χ4v) is 4.03. The Kier molecular flexibility index (Phi) is 4.03. The minimum atomic E-state index is -0.731. The number of benzene rings is 1. The van der Waals surface area contributed by atoms with Gasteiger partial charge in [0.25, 0.3) is 0 Å². The van der Waals surface area contributed by atoms with Crippen molar-refractivity contribution in [2.24, 2.45) is 11.8 Å². The molecular weight excluding hydrogens is 307 g/mol. The number of fused-ring (bicyclic) bond motifs is 1. The Bertz CT molecular complexity index is 675. The van der Waals surface area contributed by atoms with Crippen molar-refractivity contribution in [3.8, 4) is 6.07 Å². The van der Waals surface area contributed by atoms with Crippen LogP contribution in [0.1, 0.15) is 39.2 Å². The van der Waals surface area contributed by atoms with Gasteiger partial charge in [0, 0.05) is 18.7 Å². The molecule has 0 aromatic heterocycles. The number of amides is 1. The molecule has 0 spiro atoms. The molecule has 1 saturated heterocycles. The monoisotopic (exact) mass is 330 g/mol. The second-order valence-electron chi connectivity index (χ2n) is 7.72. The fraction of sp³-hybridized carbons (Fsp3) is 0.579. The number of carbonyl (C=O) groups excluding carboxylic acids is 1. The molecular formula is C19H23FN2O2. The Morgan fingerprint density at radius 2 is 1.88 bits per heavy atom. The van der Waals surface area contributed by atoms with Crippen LogP contribution in [0, 0.1) is 29.0 Å². The zero-order valence-corrected chi connectivity index (χ0v) is 14.4. The summed E-state index contributed by atoms with van der Waals surface area (Å²) in [5.74, 6) is -0.102. The molecule has 2 aliphatic rings. The minimum Gasteiger partial charge on any atom is -0.444 e. The van der Waals surface area contributed by atoms with Gasteiger partial charge in [-0.2, -0.15) is 5.26 Å². The van der Waals surface area contributed by atoms with E-state index in [1.165, 1.54) is 6.07 Å². The van der Waals surface area contributed by atoms with Gasteiger partial charge in [-0.25, -0.2) is 9.18 Å². The molecule has 1 aliphatic heterocycles. The van der Waals surface area contributed by atoms with Crippen molar-refractivity contribution in [1.29, 1.82) is 5.26 Å². The molecule has 3 rings (SSSR count). The molecule has 3 atom stereocenters. The van der Waals surface area contributed by atoms with Crippen LogP contribution in [-0.2, 0) is 10.2 Å². The Morgan fingerprint density at radius 3 is 2.38 bits per heavy atom. The van der Waals surface area contributed by atoms with E-state index in [-0.39, 0.29) is 23.7 Å². The summed E-state index contributed by atoms with van der Waals surface area (Å²) in [6.45, 7) is 6.64. The highest BCUT2D eigenvalue weighted by Gasteiger charge is 2.67. The Morgan fingerprint density at radius 1 is 1.29 bits per heavy atom. The number of nitriles is 1. The summed E-state index contributed by atoms with van der Waals surface area (Å²) < 4.78 is 19.6. The maximum Gasteiger partial charge on any atom is 0.410 e. The lowest BCUT2D eigenvalue weighted by Gasteiger charge is -2.27. The third-order valence-corrected chi connectivity index (χ3v) is 5.12. The average molecular weight is 330 g/mol. The van der Waals surface area contributed by atoms with E-state index in [0.717, 1.165) is 0 Å². The SMILES string of the molecule is CC(C)(C)OC(=O)N1CC[C@@H]2[C@H](CC1)C2(C#N)c1ccccc1F. The predicted octanol–water partition coefficient (Wildman–Crippen LogP) is 3.86. The van der Waals surface area contributed by atoms with Crippen molar-refractivity contribution in [1.82, 2.24) is 4.90 Å². The molecule has 1 aromatic carbocycles. The highest BCUT2D eigenvalue weighted by Crippen LogP contribution is 2.64. The third kappa shape index (κ3) is 2.75. The normalized spacial score (nSPS) is 29.2. The van der Waals surface area contributed by atoms with Crippen LogP contribution in [0.3, 0.4) is 0 Å². The maximum absolute atomic E-state index is 14.2. The lowest BCUT2D eigenvalue weighted by atomic mass is 9.91. The number of hydrogen-bond donors (Lipinski definition) is 0. The van der Waals surface area contributed by atoms with Crippen molar-refractivity contribution >= 4 is 6.09 Å². The van der Waals surface area contributed by atoms with Crippen LogP contribution >= 0.6 is 0 Å². The molecule has 1 saturated carbocycles. The number of nitrogens with zero attached hydrogens (tertiary/aromatic N) is 2. The number of carbonyl (C=O) groups is 1. The standard InChI is InChI=1S/C19H23FN2O2/c1-18(2,3)24-17(23)22-10-8-13-14(9-11-22)19(13,12-21)15-6-4-5-7-16(15)20/h4-7,13-14H,8-11H2,1-3H3/t13-,14+,19?. The van der Waals surface area contributed by atoms with Gasteiger partial charge in [0.2, 0.25) is 0 Å². The molecule has 1 amide bonds. The predicted molar refractivity (Wildman–Crippen MR) is 87.7 cm³/mol. The van der Waals surface area contributed by atoms with Gasteiger partial charge in [0.05, 0.1) is 11.5 Å². The van der Waals surface area contributed by atoms with Crippen molar-refractivity contribution < 1.29 is 13.9 Å². The van der Waals surface area contributed by atoms with E-state index in [4.69, 9.17) is 4.74 Å². The highest BCUT2D eigenvalue weighted by atomic mass is 19.1. The molecule has 0 bridgehead atoms. The lowest BCUT2D eigenvalue weighted by molar-refractivity contribution is 0.0249. The van der Waals surface area contributed by atoms with Crippen LogP contribution in [0.15, 0.2) is 24.3 Å². The van der Waals surface area contributed by atoms with E-state index >= 15 is 0 Å². The van der Waals surface area contributed by atoms with Crippen molar-refractivity contribution in [3.63, 3.8) is 0 Å². The van der Waals surface area contributed by atoms with Gasteiger partial charge >= 0.3 is 6.09 Å². The van der Waals surface area contributed by atoms with Crippen molar-refractivity contribution in [3.05, 3.63) is 35.6 Å². The summed E-state index contributed by atoms with van der Waals surface area (Å²) >= 11 is 0. The van der Waals surface area contributed by atoms with Crippen LogP contribution in [0.4, 0.5) is 9.18 Å². The first-order valence-corrected chi connectivity index (χ1v) is 8.44. The highest BCUT2D eigenvalue weighted by molar-refractivity contribution is 5.68. The summed E-state index contributed by atoms with van der Waals surface area (Å²) in [7, 11) is 0. The summed E-state index contributed by atoms with van der Waals surface area (Å²) in [5.41, 5.74) is -0.741. The number of likely N-dealkylation sites (tertiary alicyclic amines) is 1. The molecule has 0 radical (unpaired) electrons. The topological polar surface area (TPSA) is 53.3 Å². The zero-order valence-electron chi connectivity index (χ0n) is 14.4. The van der Waals surface area contributed by atoms with Crippen LogP contribution in [0.5, 0.6) is 0 Å². The van der Waals surface area contributed by atoms with E-state index in [9.17, 15) is 14.4 Å². The average Bonchev–Trinajstić information content (AvgIpc) is 3.17. The summed E-state index contributed by atoms with van der Waals surface area (Å²) in [6.07, 6.45) is 1.09. The summed E-state index contributed by atoms with van der Waals surface area (Å²) in [4.78, 5) is 13.9. The van der Waals surface area contributed by atoms with Gasteiger partial charge in [0.15, 0.2) is 0 Å². The molecule has 4 nitrogen and oxygen atoms in total. The van der Waals surface area contributed by atoms with Crippen LogP contribution in [-0.4, -0.2) is 29.7 Å². The summed E-state index contributed by atoms with van der Waals surface area (Å²) in [6, 6.07) is 8.95. The Labute approximate surface area is 142 Å². The number of rotatable bonds is 1. The molecule has 5 heteroatoms. The maximum atomic E-state index is 14.2. The van der Waals surface area contributed by atoms with Crippen molar-refractivity contribution in [2.45, 2.75) is 44.6 Å². The number of halogens is 1. The van der Waals surface area contributed by atoms with Gasteiger partial charge < -0.3 is 9.64 Å². The largest absolute Gasteiger partial charge is 0.444 e. The Balaban J connectivity index is 1.73. The van der Waals surface area contributed by atoms with Crippen LogP contribution < -0.4 is 0 Å². The third-order valence-electron chi connectivity index (χ3n) is 5.12. The van der Waals surface area contributed by atoms with E-state index in [2.05, 4.69) is 6.07 Å². The Hall–Kier alpha value is -2.09. The van der Waals surface area contributed by atoms with Gasteiger partial charge in [0.1, 0.15) is 11.4 Å². The first-order valence-electron chi connectivity index (χ1n) is 8.44. The number of hydrogen-bond acceptors (Lipinski definition) is 3.